The average Bonchev–Trinajstić information content (AvgIpc) is 3.09. The zero-order valence-corrected chi connectivity index (χ0v) is 18.3. The number of nitrogens with one attached hydrogen (secondary N) is 1. The van der Waals surface area contributed by atoms with Gasteiger partial charge >= 0.3 is 18.3 Å². The van der Waals surface area contributed by atoms with Crippen LogP contribution in [0.5, 0.6) is 0 Å². The number of hydrogen-bond donors (Lipinski definition) is 2. The van der Waals surface area contributed by atoms with Gasteiger partial charge in [0.2, 0.25) is 0 Å². The van der Waals surface area contributed by atoms with E-state index in [-0.39, 0.29) is 30.4 Å². The van der Waals surface area contributed by atoms with Crippen molar-refractivity contribution < 1.29 is 41.0 Å². The van der Waals surface area contributed by atoms with Crippen LogP contribution in [-0.4, -0.2) is 33.4 Å². The van der Waals surface area contributed by atoms with Gasteiger partial charge in [-0.3, -0.25) is 4.79 Å². The van der Waals surface area contributed by atoms with Crippen molar-refractivity contribution in [2.75, 3.05) is 6.54 Å². The lowest BCUT2D eigenvalue weighted by Crippen LogP contribution is -2.37. The zero-order valence-electron chi connectivity index (χ0n) is 18.3. The first-order valence-electron chi connectivity index (χ1n) is 10.3. The molecule has 0 spiro atoms. The molecule has 0 saturated heterocycles. The number of nitrogens with zero attached hydrogens (tertiary/aromatic N) is 1. The molecule has 2 N–H and O–H groups in total. The number of benzene rings is 2. The molecule has 0 radical (unpaired) electrons. The third kappa shape index (κ3) is 4.26. The van der Waals surface area contributed by atoms with E-state index in [9.17, 15) is 41.0 Å². The standard InChI is InChI=1S/C24H18F6N2O3/c1-22(2)11-32(10-15(21(34)35)19-18(22)13-5-3-4-6-17(13)31-19)20(33)14-9-12(23(25,26)27)7-8-16(14)24(28,29)30/h3-10,31H,11H2,1-2H3,(H,34,35). The lowest BCUT2D eigenvalue weighted by Gasteiger charge is -2.30. The summed E-state index contributed by atoms with van der Waals surface area (Å²) in [6.45, 7) is 3.05. The maximum atomic E-state index is 13.6. The minimum atomic E-state index is -5.11. The van der Waals surface area contributed by atoms with Crippen molar-refractivity contribution in [2.24, 2.45) is 0 Å². The molecular weight excluding hydrogens is 478 g/mol. The molecular formula is C24H18F6N2O3. The van der Waals surface area contributed by atoms with Gasteiger partial charge in [0.05, 0.1) is 28.0 Å². The highest BCUT2D eigenvalue weighted by Crippen LogP contribution is 2.42. The Labute approximate surface area is 194 Å². The Kier molecular flexibility index (Phi) is 5.49. The number of carbonyl (C=O) groups excluding carboxylic acids is 1. The molecule has 0 bridgehead atoms. The highest BCUT2D eigenvalue weighted by atomic mass is 19.4. The number of para-hydroxylation sites is 1. The van der Waals surface area contributed by atoms with E-state index in [1.54, 1.807) is 38.1 Å². The molecule has 184 valence electrons. The van der Waals surface area contributed by atoms with Gasteiger partial charge in [-0.25, -0.2) is 4.79 Å². The summed E-state index contributed by atoms with van der Waals surface area (Å²) in [5.74, 6) is -2.86. The number of aromatic amines is 1. The van der Waals surface area contributed by atoms with E-state index in [0.717, 1.165) is 11.1 Å². The van der Waals surface area contributed by atoms with Crippen molar-refractivity contribution in [1.82, 2.24) is 9.88 Å². The van der Waals surface area contributed by atoms with Gasteiger partial charge in [-0.15, -0.1) is 0 Å². The smallest absolute Gasteiger partial charge is 0.417 e. The lowest BCUT2D eigenvalue weighted by atomic mass is 9.81. The summed E-state index contributed by atoms with van der Waals surface area (Å²) in [6.07, 6.45) is -9.24. The van der Waals surface area contributed by atoms with Gasteiger partial charge in [0.15, 0.2) is 0 Å². The molecule has 2 aromatic carbocycles. The van der Waals surface area contributed by atoms with E-state index in [0.29, 0.717) is 16.5 Å². The van der Waals surface area contributed by atoms with Gasteiger partial charge in [-0.2, -0.15) is 26.3 Å². The Morgan fingerprint density at radius 1 is 1.00 bits per heavy atom. The molecule has 0 fully saturated rings. The fourth-order valence-corrected chi connectivity index (χ4v) is 4.41. The molecule has 2 heterocycles. The Bertz CT molecular complexity index is 1380. The molecule has 1 amide bonds. The summed E-state index contributed by atoms with van der Waals surface area (Å²) in [7, 11) is 0. The topological polar surface area (TPSA) is 73.4 Å². The summed E-state index contributed by atoms with van der Waals surface area (Å²) in [6, 6.07) is 7.52. The monoisotopic (exact) mass is 496 g/mol. The van der Waals surface area contributed by atoms with Crippen molar-refractivity contribution in [3.05, 3.63) is 76.6 Å². The number of hydrogen-bond acceptors (Lipinski definition) is 2. The van der Waals surface area contributed by atoms with Gasteiger partial charge in [0, 0.05) is 29.1 Å². The minimum Gasteiger partial charge on any atom is -0.478 e. The molecule has 5 nitrogen and oxygen atoms in total. The van der Waals surface area contributed by atoms with Crippen LogP contribution in [0.3, 0.4) is 0 Å². The second-order valence-electron chi connectivity index (χ2n) is 8.84. The average molecular weight is 496 g/mol. The predicted molar refractivity (Wildman–Crippen MR) is 114 cm³/mol. The van der Waals surface area contributed by atoms with E-state index in [4.69, 9.17) is 0 Å². The van der Waals surface area contributed by atoms with Crippen LogP contribution in [0, 0.1) is 0 Å². The minimum absolute atomic E-state index is 0.145. The van der Waals surface area contributed by atoms with Crippen molar-refractivity contribution in [2.45, 2.75) is 31.6 Å². The first-order valence-corrected chi connectivity index (χ1v) is 10.3. The maximum absolute atomic E-state index is 13.6. The molecule has 35 heavy (non-hydrogen) atoms. The van der Waals surface area contributed by atoms with Crippen LogP contribution in [0.1, 0.15) is 46.6 Å². The summed E-state index contributed by atoms with van der Waals surface area (Å²) >= 11 is 0. The SMILES string of the molecule is CC1(C)CN(C(=O)c2cc(C(F)(F)F)ccc2C(F)(F)F)C=C(C(=O)O)c2[nH]c3ccccc3c21. The first kappa shape index (κ1) is 24.4. The number of aliphatic carboxylic acids is 1. The normalized spacial score (nSPS) is 16.0. The highest BCUT2D eigenvalue weighted by molar-refractivity contribution is 6.17. The van der Waals surface area contributed by atoms with Crippen LogP contribution in [0.15, 0.2) is 48.7 Å². The van der Waals surface area contributed by atoms with E-state index in [1.807, 2.05) is 0 Å². The maximum Gasteiger partial charge on any atom is 0.417 e. The number of halogens is 6. The van der Waals surface area contributed by atoms with Crippen molar-refractivity contribution in [3.8, 4) is 0 Å². The molecule has 0 atom stereocenters. The fraction of sp³-hybridized carbons (Fsp3) is 0.250. The third-order valence-corrected chi connectivity index (χ3v) is 5.88. The fourth-order valence-electron chi connectivity index (χ4n) is 4.41. The number of carbonyl (C=O) groups is 2. The summed E-state index contributed by atoms with van der Waals surface area (Å²) in [4.78, 5) is 29.1. The summed E-state index contributed by atoms with van der Waals surface area (Å²) in [5.41, 5.74) is -4.28. The molecule has 11 heteroatoms. The van der Waals surface area contributed by atoms with Crippen LogP contribution >= 0.6 is 0 Å². The molecule has 1 aromatic heterocycles. The van der Waals surface area contributed by atoms with Gasteiger partial charge in [0.1, 0.15) is 0 Å². The molecule has 4 rings (SSSR count). The molecule has 0 unspecified atom stereocenters. The number of fused-ring (bicyclic) bond motifs is 3. The van der Waals surface area contributed by atoms with Crippen LogP contribution in [0.4, 0.5) is 26.3 Å². The number of carboxylic acid groups (broad SMARTS) is 1. The largest absolute Gasteiger partial charge is 0.478 e. The first-order chi connectivity index (χ1) is 16.1. The lowest BCUT2D eigenvalue weighted by molar-refractivity contribution is -0.141. The Morgan fingerprint density at radius 2 is 1.66 bits per heavy atom. The Morgan fingerprint density at radius 3 is 2.26 bits per heavy atom. The summed E-state index contributed by atoms with van der Waals surface area (Å²) in [5, 5.41) is 10.5. The van der Waals surface area contributed by atoms with Gasteiger partial charge < -0.3 is 15.0 Å². The van der Waals surface area contributed by atoms with Crippen molar-refractivity contribution >= 4 is 28.4 Å². The summed E-state index contributed by atoms with van der Waals surface area (Å²) < 4.78 is 80.6. The number of carboxylic acids is 1. The molecule has 0 aliphatic carbocycles. The number of amides is 1. The van der Waals surface area contributed by atoms with Crippen LogP contribution in [0.2, 0.25) is 0 Å². The molecule has 0 saturated carbocycles. The second-order valence-corrected chi connectivity index (χ2v) is 8.84. The highest BCUT2D eigenvalue weighted by Gasteiger charge is 2.42. The second kappa shape index (κ2) is 7.89. The van der Waals surface area contributed by atoms with E-state index < -0.39 is 51.9 Å². The number of H-pyrrole nitrogens is 1. The third-order valence-electron chi connectivity index (χ3n) is 5.88. The number of rotatable bonds is 2. The molecule has 1 aliphatic rings. The van der Waals surface area contributed by atoms with Crippen LogP contribution in [-0.2, 0) is 22.6 Å². The van der Waals surface area contributed by atoms with E-state index in [1.165, 1.54) is 0 Å². The predicted octanol–water partition coefficient (Wildman–Crippen LogP) is 6.06. The number of alkyl halides is 6. The van der Waals surface area contributed by atoms with E-state index in [2.05, 4.69) is 4.98 Å². The Hall–Kier alpha value is -3.76. The zero-order chi connectivity index (χ0) is 25.9. The van der Waals surface area contributed by atoms with Gasteiger partial charge in [0.25, 0.3) is 5.91 Å². The number of aromatic nitrogens is 1. The van der Waals surface area contributed by atoms with Crippen molar-refractivity contribution in [3.63, 3.8) is 0 Å². The van der Waals surface area contributed by atoms with Gasteiger partial charge in [-0.1, -0.05) is 32.0 Å². The van der Waals surface area contributed by atoms with Gasteiger partial charge in [-0.05, 0) is 29.8 Å². The van der Waals surface area contributed by atoms with Crippen LogP contribution < -0.4 is 0 Å². The van der Waals surface area contributed by atoms with E-state index >= 15 is 0 Å². The quantitative estimate of drug-likeness (QED) is 0.424. The Balaban J connectivity index is 1.92. The van der Waals surface area contributed by atoms with Crippen molar-refractivity contribution in [1.29, 1.82) is 0 Å². The van der Waals surface area contributed by atoms with Crippen LogP contribution in [0.25, 0.3) is 16.5 Å². The molecule has 1 aliphatic heterocycles. The molecule has 3 aromatic rings.